The van der Waals surface area contributed by atoms with Crippen LogP contribution in [-0.4, -0.2) is 12.4 Å². The molecule has 2 aromatic rings. The molecule has 0 N–H and O–H groups in total. The summed E-state index contributed by atoms with van der Waals surface area (Å²) in [5.74, 6) is 0.0666. The Kier molecular flexibility index (Phi) is 5.67. The summed E-state index contributed by atoms with van der Waals surface area (Å²) >= 11 is 6.14. The lowest BCUT2D eigenvalue weighted by Gasteiger charge is -2.17. The van der Waals surface area contributed by atoms with Gasteiger partial charge < -0.3 is 4.74 Å². The van der Waals surface area contributed by atoms with Gasteiger partial charge in [0.2, 0.25) is 0 Å². The lowest BCUT2D eigenvalue weighted by Crippen LogP contribution is -2.26. The molecule has 0 heterocycles. The van der Waals surface area contributed by atoms with Crippen LogP contribution in [0.1, 0.15) is 20.8 Å². The van der Waals surface area contributed by atoms with Gasteiger partial charge in [0.15, 0.2) is 5.78 Å². The molecule has 0 fully saturated rings. The number of hydrogen-bond acceptors (Lipinski definition) is 4. The molecule has 0 amide bonds. The molecular weight excluding hydrogens is 331 g/mol. The molecule has 0 radical (unpaired) electrons. The first kappa shape index (κ1) is 18.1. The second-order valence-corrected chi connectivity index (χ2v) is 6.66. The maximum absolute atomic E-state index is 12.8. The van der Waals surface area contributed by atoms with Crippen molar-refractivity contribution in [3.63, 3.8) is 0 Å². The molecule has 0 spiro atoms. The third kappa shape index (κ3) is 5.13. The lowest BCUT2D eigenvalue weighted by atomic mass is 9.91. The predicted molar refractivity (Wildman–Crippen MR) is 92.0 cm³/mol. The monoisotopic (exact) mass is 348 g/mol. The fraction of sp³-hybridized carbons (Fsp3) is 0.278. The molecule has 24 heavy (non-hydrogen) atoms. The summed E-state index contributed by atoms with van der Waals surface area (Å²) < 4.78 is 18.3. The molecule has 0 aromatic heterocycles. The largest absolute Gasteiger partial charge is 0.484 e. The van der Waals surface area contributed by atoms with Gasteiger partial charge in [0.05, 0.1) is 16.4 Å². The van der Waals surface area contributed by atoms with Gasteiger partial charge in [0, 0.05) is 5.41 Å². The van der Waals surface area contributed by atoms with Crippen molar-refractivity contribution in [2.45, 2.75) is 20.8 Å². The van der Waals surface area contributed by atoms with Crippen LogP contribution in [-0.2, 0) is 4.79 Å². The van der Waals surface area contributed by atoms with E-state index in [0.717, 1.165) is 0 Å². The zero-order chi connectivity index (χ0) is 17.7. The van der Waals surface area contributed by atoms with Crippen LogP contribution in [0.4, 0.5) is 15.8 Å². The quantitative estimate of drug-likeness (QED) is 0.632. The maximum atomic E-state index is 12.8. The van der Waals surface area contributed by atoms with Gasteiger partial charge in [0.1, 0.15) is 18.2 Å². The zero-order valence-electron chi connectivity index (χ0n) is 13.7. The molecule has 4 nitrogen and oxygen atoms in total. The summed E-state index contributed by atoms with van der Waals surface area (Å²) in [6, 6.07) is 10.6. The van der Waals surface area contributed by atoms with Crippen LogP contribution in [0.3, 0.4) is 0 Å². The van der Waals surface area contributed by atoms with Crippen molar-refractivity contribution >= 4 is 28.8 Å². The Morgan fingerprint density at radius 2 is 1.67 bits per heavy atom. The van der Waals surface area contributed by atoms with Gasteiger partial charge in [-0.1, -0.05) is 32.4 Å². The minimum atomic E-state index is -0.463. The van der Waals surface area contributed by atoms with Crippen molar-refractivity contribution in [2.75, 3.05) is 6.61 Å². The van der Waals surface area contributed by atoms with Gasteiger partial charge in [-0.2, -0.15) is 10.2 Å². The summed E-state index contributed by atoms with van der Waals surface area (Å²) in [7, 11) is 0. The topological polar surface area (TPSA) is 51.0 Å². The van der Waals surface area contributed by atoms with Crippen LogP contribution in [0.25, 0.3) is 0 Å². The molecule has 2 aromatic carbocycles. The number of ketones is 1. The van der Waals surface area contributed by atoms with E-state index < -0.39 is 5.41 Å². The number of azo groups is 1. The molecule has 126 valence electrons. The van der Waals surface area contributed by atoms with Crippen molar-refractivity contribution in [3.8, 4) is 5.75 Å². The van der Waals surface area contributed by atoms with Crippen LogP contribution in [0.2, 0.25) is 5.02 Å². The molecule has 0 saturated carbocycles. The number of hydrogen-bond donors (Lipinski definition) is 0. The van der Waals surface area contributed by atoms with E-state index in [1.54, 1.807) is 18.2 Å². The standard InChI is InChI=1S/C18H18ClFN2O2/c1-18(2,3)17(23)11-24-16-9-8-14(10-15(16)19)22-21-13-6-4-12(20)5-7-13/h4-10H,11H2,1-3H3. The van der Waals surface area contributed by atoms with Crippen LogP contribution in [0, 0.1) is 11.2 Å². The van der Waals surface area contributed by atoms with E-state index in [-0.39, 0.29) is 18.2 Å². The highest BCUT2D eigenvalue weighted by molar-refractivity contribution is 6.32. The van der Waals surface area contributed by atoms with Crippen LogP contribution < -0.4 is 4.74 Å². The second kappa shape index (κ2) is 7.53. The van der Waals surface area contributed by atoms with Crippen molar-refractivity contribution in [1.82, 2.24) is 0 Å². The molecule has 0 atom stereocenters. The molecule has 2 rings (SSSR count). The molecule has 0 bridgehead atoms. The fourth-order valence-corrected chi connectivity index (χ4v) is 1.88. The van der Waals surface area contributed by atoms with E-state index in [2.05, 4.69) is 10.2 Å². The number of ether oxygens (including phenoxy) is 1. The summed E-state index contributed by atoms with van der Waals surface area (Å²) in [5, 5.41) is 8.38. The minimum Gasteiger partial charge on any atom is -0.484 e. The summed E-state index contributed by atoms with van der Waals surface area (Å²) in [6.45, 7) is 5.46. The Bertz CT molecular complexity index is 753. The van der Waals surface area contributed by atoms with Gasteiger partial charge >= 0.3 is 0 Å². The van der Waals surface area contributed by atoms with Gasteiger partial charge in [-0.05, 0) is 42.5 Å². The van der Waals surface area contributed by atoms with Crippen LogP contribution in [0.15, 0.2) is 52.7 Å². The summed E-state index contributed by atoms with van der Waals surface area (Å²) in [6.07, 6.45) is 0. The number of rotatable bonds is 5. The van der Waals surface area contributed by atoms with E-state index in [0.29, 0.717) is 22.1 Å². The first-order valence-corrected chi connectivity index (χ1v) is 7.76. The highest BCUT2D eigenvalue weighted by Gasteiger charge is 2.21. The van der Waals surface area contributed by atoms with Gasteiger partial charge in [-0.25, -0.2) is 4.39 Å². The number of Topliss-reactive ketones (excluding diaryl/α,β-unsaturated/α-hetero) is 1. The average molecular weight is 349 g/mol. The Balaban J connectivity index is 2.04. The van der Waals surface area contributed by atoms with Crippen molar-refractivity contribution in [3.05, 3.63) is 53.3 Å². The summed E-state index contributed by atoms with van der Waals surface area (Å²) in [5.41, 5.74) is 0.595. The van der Waals surface area contributed by atoms with Crippen molar-refractivity contribution < 1.29 is 13.9 Å². The second-order valence-electron chi connectivity index (χ2n) is 6.25. The highest BCUT2D eigenvalue weighted by Crippen LogP contribution is 2.30. The van der Waals surface area contributed by atoms with Crippen molar-refractivity contribution in [2.24, 2.45) is 15.6 Å². The lowest BCUT2D eigenvalue weighted by molar-refractivity contribution is -0.128. The number of halogens is 2. The minimum absolute atomic E-state index is 0.0151. The highest BCUT2D eigenvalue weighted by atomic mass is 35.5. The molecule has 0 aliphatic heterocycles. The molecule has 0 aliphatic rings. The van der Waals surface area contributed by atoms with E-state index in [4.69, 9.17) is 16.3 Å². The van der Waals surface area contributed by atoms with Crippen molar-refractivity contribution in [1.29, 1.82) is 0 Å². The molecule has 0 unspecified atom stereocenters. The average Bonchev–Trinajstić information content (AvgIpc) is 2.52. The Hall–Kier alpha value is -2.27. The molecule has 6 heteroatoms. The van der Waals surface area contributed by atoms with Crippen LogP contribution >= 0.6 is 11.6 Å². The Labute approximate surface area is 145 Å². The van der Waals surface area contributed by atoms with E-state index in [9.17, 15) is 9.18 Å². The SMILES string of the molecule is CC(C)(C)C(=O)COc1ccc(N=Nc2ccc(F)cc2)cc1Cl. The van der Waals surface area contributed by atoms with Gasteiger partial charge in [-0.15, -0.1) is 0 Å². The maximum Gasteiger partial charge on any atom is 0.175 e. The van der Waals surface area contributed by atoms with E-state index in [1.807, 2.05) is 20.8 Å². The zero-order valence-corrected chi connectivity index (χ0v) is 14.5. The third-order valence-electron chi connectivity index (χ3n) is 3.22. The smallest absolute Gasteiger partial charge is 0.175 e. The van der Waals surface area contributed by atoms with E-state index >= 15 is 0 Å². The van der Waals surface area contributed by atoms with Gasteiger partial charge in [0.25, 0.3) is 0 Å². The fourth-order valence-electron chi connectivity index (χ4n) is 1.65. The third-order valence-corrected chi connectivity index (χ3v) is 3.51. The molecule has 0 saturated heterocycles. The summed E-state index contributed by atoms with van der Waals surface area (Å²) in [4.78, 5) is 11.9. The number of carbonyl (C=O) groups is 1. The van der Waals surface area contributed by atoms with Gasteiger partial charge in [-0.3, -0.25) is 4.79 Å². The Morgan fingerprint density at radius 3 is 2.25 bits per heavy atom. The predicted octanol–water partition coefficient (Wildman–Crippen LogP) is 5.89. The first-order valence-electron chi connectivity index (χ1n) is 7.39. The number of benzene rings is 2. The molecular formula is C18H18ClFN2O2. The normalized spacial score (nSPS) is 11.7. The first-order chi connectivity index (χ1) is 11.3. The number of carbonyl (C=O) groups excluding carboxylic acids is 1. The number of nitrogens with zero attached hydrogens (tertiary/aromatic N) is 2. The molecule has 0 aliphatic carbocycles. The van der Waals surface area contributed by atoms with Crippen LogP contribution in [0.5, 0.6) is 5.75 Å². The van der Waals surface area contributed by atoms with E-state index in [1.165, 1.54) is 24.3 Å². The Morgan fingerprint density at radius 1 is 1.08 bits per heavy atom.